The van der Waals surface area contributed by atoms with E-state index in [1.807, 2.05) is 80.6 Å². The summed E-state index contributed by atoms with van der Waals surface area (Å²) in [6.07, 6.45) is 2.11. The number of hydrogen-bond donors (Lipinski definition) is 3. The lowest BCUT2D eigenvalue weighted by Gasteiger charge is -2.16. The van der Waals surface area contributed by atoms with Crippen molar-refractivity contribution < 1.29 is 19.5 Å². The molecule has 0 aliphatic heterocycles. The molecule has 2 amide bonds. The lowest BCUT2D eigenvalue weighted by atomic mass is 9.87. The van der Waals surface area contributed by atoms with Crippen molar-refractivity contribution >= 4 is 34.7 Å². The van der Waals surface area contributed by atoms with Gasteiger partial charge in [0, 0.05) is 28.1 Å². The molecule has 172 valence electrons. The van der Waals surface area contributed by atoms with Gasteiger partial charge in [-0.25, -0.2) is 4.79 Å². The number of amides is 2. The zero-order valence-electron chi connectivity index (χ0n) is 19.0. The van der Waals surface area contributed by atoms with Crippen molar-refractivity contribution in [1.29, 1.82) is 0 Å². The number of allylic oxidation sites excluding steroid dienone is 3. The SMILES string of the molecule is CC(C)=CCC1=C(O)c2ccccc2C(=O)C1=O.O=C(Nc1ccccc1)Nc1ccccc1. The van der Waals surface area contributed by atoms with E-state index in [9.17, 15) is 19.5 Å². The third-order valence-corrected chi connectivity index (χ3v) is 4.97. The fourth-order valence-electron chi connectivity index (χ4n) is 3.25. The molecule has 4 rings (SSSR count). The van der Waals surface area contributed by atoms with Crippen LogP contribution < -0.4 is 10.6 Å². The van der Waals surface area contributed by atoms with Gasteiger partial charge in [0.05, 0.1) is 0 Å². The molecule has 3 N–H and O–H groups in total. The van der Waals surface area contributed by atoms with Crippen molar-refractivity contribution in [2.45, 2.75) is 20.3 Å². The standard InChI is InChI=1S/C15H14O3.C13H12N2O/c1-9(2)7-8-12-13(16)10-5-3-4-6-11(10)14(17)15(12)18;16-13(14-11-7-3-1-4-8-11)15-12-9-5-2-6-10-12/h3-7,16H,8H2,1-2H3;1-10H,(H2,14,15,16). The van der Waals surface area contributed by atoms with Gasteiger partial charge < -0.3 is 15.7 Å². The Labute approximate surface area is 198 Å². The molecular formula is C28H26N2O4. The molecule has 3 aromatic carbocycles. The van der Waals surface area contributed by atoms with Gasteiger partial charge in [0.15, 0.2) is 0 Å². The van der Waals surface area contributed by atoms with E-state index in [1.54, 1.807) is 24.3 Å². The van der Waals surface area contributed by atoms with E-state index in [0.29, 0.717) is 5.56 Å². The minimum absolute atomic E-state index is 0.0762. The number of carbonyl (C=O) groups is 3. The molecule has 0 unspecified atom stereocenters. The lowest BCUT2D eigenvalue weighted by Crippen LogP contribution is -2.23. The molecule has 6 nitrogen and oxygen atoms in total. The second kappa shape index (κ2) is 11.4. The second-order valence-corrected chi connectivity index (χ2v) is 7.83. The Hall–Kier alpha value is -4.45. The van der Waals surface area contributed by atoms with E-state index in [1.165, 1.54) is 0 Å². The van der Waals surface area contributed by atoms with Crippen LogP contribution >= 0.6 is 0 Å². The number of benzene rings is 3. The highest BCUT2D eigenvalue weighted by atomic mass is 16.3. The number of ketones is 2. The molecule has 34 heavy (non-hydrogen) atoms. The molecule has 6 heteroatoms. The molecule has 0 atom stereocenters. The number of aliphatic hydroxyl groups excluding tert-OH is 1. The van der Waals surface area contributed by atoms with Crippen molar-refractivity contribution in [3.63, 3.8) is 0 Å². The summed E-state index contributed by atoms with van der Waals surface area (Å²) < 4.78 is 0. The molecule has 0 saturated carbocycles. The first-order valence-electron chi connectivity index (χ1n) is 10.8. The van der Waals surface area contributed by atoms with Gasteiger partial charge in [-0.15, -0.1) is 0 Å². The first kappa shape index (κ1) is 24.2. The number of para-hydroxylation sites is 2. The molecule has 1 aliphatic carbocycles. The zero-order valence-corrected chi connectivity index (χ0v) is 19.0. The molecule has 0 spiro atoms. The predicted octanol–water partition coefficient (Wildman–Crippen LogP) is 6.41. The van der Waals surface area contributed by atoms with Crippen LogP contribution in [0, 0.1) is 0 Å². The average molecular weight is 455 g/mol. The fraction of sp³-hybridized carbons (Fsp3) is 0.107. The number of rotatable bonds is 4. The maximum atomic E-state index is 11.9. The van der Waals surface area contributed by atoms with Gasteiger partial charge in [-0.1, -0.05) is 72.3 Å². The number of fused-ring (bicyclic) bond motifs is 1. The Morgan fingerprint density at radius 1 is 0.735 bits per heavy atom. The summed E-state index contributed by atoms with van der Waals surface area (Å²) in [6.45, 7) is 3.81. The molecular weight excluding hydrogens is 428 g/mol. The number of anilines is 2. The Kier molecular flexibility index (Phi) is 8.13. The van der Waals surface area contributed by atoms with E-state index in [2.05, 4.69) is 10.6 Å². The smallest absolute Gasteiger partial charge is 0.323 e. The Morgan fingerprint density at radius 2 is 1.21 bits per heavy atom. The van der Waals surface area contributed by atoms with Gasteiger partial charge >= 0.3 is 6.03 Å². The van der Waals surface area contributed by atoms with Gasteiger partial charge in [0.2, 0.25) is 11.6 Å². The highest BCUT2D eigenvalue weighted by Gasteiger charge is 2.31. The average Bonchev–Trinajstić information content (AvgIpc) is 2.84. The summed E-state index contributed by atoms with van der Waals surface area (Å²) >= 11 is 0. The molecule has 0 bridgehead atoms. The number of nitrogens with one attached hydrogen (secondary N) is 2. The van der Waals surface area contributed by atoms with Gasteiger partial charge in [-0.2, -0.15) is 0 Å². The van der Waals surface area contributed by atoms with E-state index in [-0.39, 0.29) is 29.3 Å². The molecule has 0 radical (unpaired) electrons. The van der Waals surface area contributed by atoms with E-state index >= 15 is 0 Å². The van der Waals surface area contributed by atoms with Gasteiger partial charge in [0.1, 0.15) is 5.76 Å². The first-order valence-corrected chi connectivity index (χ1v) is 10.8. The number of hydrogen-bond acceptors (Lipinski definition) is 4. The monoisotopic (exact) mass is 454 g/mol. The normalized spacial score (nSPS) is 12.2. The van der Waals surface area contributed by atoms with Gasteiger partial charge in [-0.3, -0.25) is 9.59 Å². The van der Waals surface area contributed by atoms with Crippen LogP contribution in [-0.2, 0) is 4.79 Å². The molecule has 3 aromatic rings. The quantitative estimate of drug-likeness (QED) is 0.314. The second-order valence-electron chi connectivity index (χ2n) is 7.83. The Balaban J connectivity index is 0.000000192. The van der Waals surface area contributed by atoms with Crippen LogP contribution in [0.1, 0.15) is 36.2 Å². The summed E-state index contributed by atoms with van der Waals surface area (Å²) in [4.78, 5) is 35.4. The third kappa shape index (κ3) is 6.29. The van der Waals surface area contributed by atoms with E-state index in [4.69, 9.17) is 0 Å². The molecule has 1 aliphatic rings. The van der Waals surface area contributed by atoms with Gasteiger partial charge in [-0.05, 0) is 44.5 Å². The van der Waals surface area contributed by atoms with Crippen molar-refractivity contribution in [2.75, 3.05) is 10.6 Å². The molecule has 0 heterocycles. The maximum Gasteiger partial charge on any atom is 0.323 e. The number of aliphatic hydroxyl groups is 1. The highest BCUT2D eigenvalue weighted by Crippen LogP contribution is 2.29. The topological polar surface area (TPSA) is 95.5 Å². The predicted molar refractivity (Wildman–Crippen MR) is 135 cm³/mol. The van der Waals surface area contributed by atoms with Crippen LogP contribution in [0.3, 0.4) is 0 Å². The third-order valence-electron chi connectivity index (χ3n) is 4.97. The van der Waals surface area contributed by atoms with Crippen molar-refractivity contribution in [2.24, 2.45) is 0 Å². The Morgan fingerprint density at radius 3 is 1.71 bits per heavy atom. The van der Waals surface area contributed by atoms with Crippen LogP contribution in [0.15, 0.2) is 102 Å². The molecule has 0 aromatic heterocycles. The maximum absolute atomic E-state index is 11.9. The van der Waals surface area contributed by atoms with E-state index in [0.717, 1.165) is 16.9 Å². The largest absolute Gasteiger partial charge is 0.507 e. The van der Waals surface area contributed by atoms with Crippen LogP contribution in [0.5, 0.6) is 0 Å². The molecule has 0 saturated heterocycles. The minimum Gasteiger partial charge on any atom is -0.507 e. The van der Waals surface area contributed by atoms with Gasteiger partial charge in [0.25, 0.3) is 0 Å². The van der Waals surface area contributed by atoms with Crippen LogP contribution in [-0.4, -0.2) is 22.7 Å². The van der Waals surface area contributed by atoms with Crippen LogP contribution in [0.2, 0.25) is 0 Å². The summed E-state index contributed by atoms with van der Waals surface area (Å²) in [5, 5.41) is 15.6. The van der Waals surface area contributed by atoms with E-state index < -0.39 is 11.6 Å². The number of urea groups is 1. The van der Waals surface area contributed by atoms with Crippen LogP contribution in [0.4, 0.5) is 16.2 Å². The first-order chi connectivity index (χ1) is 16.4. The summed E-state index contributed by atoms with van der Waals surface area (Å²) in [5.74, 6) is -1.23. The van der Waals surface area contributed by atoms with Crippen molar-refractivity contribution in [3.8, 4) is 0 Å². The number of Topliss-reactive ketones (excluding diaryl/α,β-unsaturated/α-hetero) is 2. The number of carbonyl (C=O) groups excluding carboxylic acids is 3. The van der Waals surface area contributed by atoms with Crippen molar-refractivity contribution in [3.05, 3.63) is 113 Å². The highest BCUT2D eigenvalue weighted by molar-refractivity contribution is 6.52. The summed E-state index contributed by atoms with van der Waals surface area (Å²) in [6, 6.07) is 25.0. The zero-order chi connectivity index (χ0) is 24.5. The summed E-state index contributed by atoms with van der Waals surface area (Å²) in [7, 11) is 0. The Bertz CT molecular complexity index is 1200. The molecule has 0 fully saturated rings. The van der Waals surface area contributed by atoms with Crippen molar-refractivity contribution in [1.82, 2.24) is 0 Å². The summed E-state index contributed by atoms with van der Waals surface area (Å²) in [5.41, 5.74) is 3.49. The minimum atomic E-state index is -0.608. The lowest BCUT2D eigenvalue weighted by molar-refractivity contribution is -0.112. The fourth-order valence-corrected chi connectivity index (χ4v) is 3.25. The van der Waals surface area contributed by atoms with Crippen LogP contribution in [0.25, 0.3) is 5.76 Å².